The van der Waals surface area contributed by atoms with E-state index < -0.39 is 5.60 Å². The van der Waals surface area contributed by atoms with Gasteiger partial charge in [0.1, 0.15) is 0 Å². The number of esters is 1. The summed E-state index contributed by atoms with van der Waals surface area (Å²) in [6, 6.07) is 1.92. The third-order valence-corrected chi connectivity index (χ3v) is 3.77. The molecule has 1 N–H and O–H groups in total. The molecule has 0 saturated heterocycles. The Balaban J connectivity index is 1.89. The summed E-state index contributed by atoms with van der Waals surface area (Å²) in [4.78, 5) is 11.6. The second-order valence-corrected chi connectivity index (χ2v) is 5.41. The van der Waals surface area contributed by atoms with E-state index in [-0.39, 0.29) is 11.9 Å². The fraction of sp³-hybridized carbons (Fsp3) is 0.714. The summed E-state index contributed by atoms with van der Waals surface area (Å²) in [6.07, 6.45) is 4.50. The third-order valence-electron chi connectivity index (χ3n) is 3.77. The standard InChI is InChI=1S/C14H22N2O3/c1-3-19-13(17)12-4-7-14(18,8-5-12)10-16-9-6-11(2)15-16/h6,9,12,18H,3-5,7-8,10H2,1-2H3. The van der Waals surface area contributed by atoms with Gasteiger partial charge in [-0.1, -0.05) is 0 Å². The topological polar surface area (TPSA) is 64.3 Å². The lowest BCUT2D eigenvalue weighted by Crippen LogP contribution is -2.40. The van der Waals surface area contributed by atoms with Crippen molar-refractivity contribution >= 4 is 5.97 Å². The van der Waals surface area contributed by atoms with E-state index in [4.69, 9.17) is 4.74 Å². The van der Waals surface area contributed by atoms with Gasteiger partial charge in [-0.15, -0.1) is 0 Å². The molecule has 0 unspecified atom stereocenters. The van der Waals surface area contributed by atoms with E-state index in [9.17, 15) is 9.90 Å². The number of rotatable bonds is 4. The number of hydrogen-bond donors (Lipinski definition) is 1. The molecule has 19 heavy (non-hydrogen) atoms. The predicted molar refractivity (Wildman–Crippen MR) is 70.5 cm³/mol. The summed E-state index contributed by atoms with van der Waals surface area (Å²) in [6.45, 7) is 4.66. The van der Waals surface area contributed by atoms with Crippen LogP contribution in [0, 0.1) is 12.8 Å². The molecule has 106 valence electrons. The molecule has 1 fully saturated rings. The predicted octanol–water partition coefficient (Wildman–Crippen LogP) is 1.68. The van der Waals surface area contributed by atoms with Crippen molar-refractivity contribution in [2.75, 3.05) is 6.61 Å². The molecule has 0 amide bonds. The van der Waals surface area contributed by atoms with Gasteiger partial charge in [0.05, 0.1) is 30.4 Å². The molecule has 1 aliphatic carbocycles. The maximum atomic E-state index is 11.6. The SMILES string of the molecule is CCOC(=O)C1CCC(O)(Cn2ccc(C)n2)CC1. The van der Waals surface area contributed by atoms with Crippen LogP contribution in [0.1, 0.15) is 38.3 Å². The van der Waals surface area contributed by atoms with Gasteiger partial charge in [0.15, 0.2) is 0 Å². The Bertz CT molecular complexity index is 434. The number of aliphatic hydroxyl groups is 1. The summed E-state index contributed by atoms with van der Waals surface area (Å²) in [5.74, 6) is -0.181. The van der Waals surface area contributed by atoms with Crippen molar-refractivity contribution < 1.29 is 14.6 Å². The van der Waals surface area contributed by atoms with Crippen molar-refractivity contribution in [3.05, 3.63) is 18.0 Å². The van der Waals surface area contributed by atoms with Crippen LogP contribution in [0.15, 0.2) is 12.3 Å². The first-order chi connectivity index (χ1) is 9.02. The highest BCUT2D eigenvalue weighted by atomic mass is 16.5. The van der Waals surface area contributed by atoms with Crippen LogP contribution >= 0.6 is 0 Å². The normalized spacial score (nSPS) is 27.2. The van der Waals surface area contributed by atoms with E-state index in [1.165, 1.54) is 0 Å². The van der Waals surface area contributed by atoms with Crippen LogP contribution in [0.25, 0.3) is 0 Å². The van der Waals surface area contributed by atoms with Crippen LogP contribution < -0.4 is 0 Å². The van der Waals surface area contributed by atoms with Gasteiger partial charge in [-0.25, -0.2) is 0 Å². The largest absolute Gasteiger partial charge is 0.466 e. The number of nitrogens with zero attached hydrogens (tertiary/aromatic N) is 2. The van der Waals surface area contributed by atoms with Gasteiger partial charge < -0.3 is 9.84 Å². The molecule has 0 atom stereocenters. The molecular weight excluding hydrogens is 244 g/mol. The number of aromatic nitrogens is 2. The second kappa shape index (κ2) is 5.74. The van der Waals surface area contributed by atoms with E-state index in [1.54, 1.807) is 4.68 Å². The summed E-state index contributed by atoms with van der Waals surface area (Å²) in [5, 5.41) is 14.8. The Morgan fingerprint density at radius 1 is 1.58 bits per heavy atom. The highest BCUT2D eigenvalue weighted by molar-refractivity contribution is 5.72. The molecule has 1 aromatic rings. The van der Waals surface area contributed by atoms with Gasteiger partial charge in [0.2, 0.25) is 0 Å². The monoisotopic (exact) mass is 266 g/mol. The fourth-order valence-electron chi connectivity index (χ4n) is 2.66. The van der Waals surface area contributed by atoms with Crippen molar-refractivity contribution in [1.29, 1.82) is 0 Å². The molecule has 0 spiro atoms. The Labute approximate surface area is 113 Å². The second-order valence-electron chi connectivity index (χ2n) is 5.41. The Morgan fingerprint density at radius 3 is 2.79 bits per heavy atom. The minimum Gasteiger partial charge on any atom is -0.466 e. The van der Waals surface area contributed by atoms with Gasteiger partial charge in [-0.2, -0.15) is 5.10 Å². The molecule has 5 nitrogen and oxygen atoms in total. The molecule has 1 aromatic heterocycles. The molecule has 1 aliphatic rings. The van der Waals surface area contributed by atoms with Gasteiger partial charge in [0.25, 0.3) is 0 Å². The Hall–Kier alpha value is -1.36. The van der Waals surface area contributed by atoms with Crippen LogP contribution in [-0.4, -0.2) is 33.1 Å². The van der Waals surface area contributed by atoms with E-state index >= 15 is 0 Å². The minimum absolute atomic E-state index is 0.0559. The van der Waals surface area contributed by atoms with E-state index in [0.717, 1.165) is 5.69 Å². The van der Waals surface area contributed by atoms with Crippen LogP contribution in [0.3, 0.4) is 0 Å². The van der Waals surface area contributed by atoms with Crippen LogP contribution in [0.4, 0.5) is 0 Å². The average Bonchev–Trinajstić information content (AvgIpc) is 2.75. The molecule has 5 heteroatoms. The van der Waals surface area contributed by atoms with Gasteiger partial charge >= 0.3 is 5.97 Å². The molecule has 0 aliphatic heterocycles. The lowest BCUT2D eigenvalue weighted by atomic mass is 9.79. The molecule has 1 heterocycles. The van der Waals surface area contributed by atoms with E-state index in [2.05, 4.69) is 5.10 Å². The molecule has 2 rings (SSSR count). The lowest BCUT2D eigenvalue weighted by molar-refractivity contribution is -0.151. The van der Waals surface area contributed by atoms with Crippen molar-refractivity contribution in [3.63, 3.8) is 0 Å². The average molecular weight is 266 g/mol. The first-order valence-corrected chi connectivity index (χ1v) is 6.91. The number of carbonyl (C=O) groups is 1. The number of aryl methyl sites for hydroxylation is 1. The zero-order valence-electron chi connectivity index (χ0n) is 11.6. The first-order valence-electron chi connectivity index (χ1n) is 6.91. The first kappa shape index (κ1) is 14.1. The third kappa shape index (κ3) is 3.56. The summed E-state index contributed by atoms with van der Waals surface area (Å²) in [7, 11) is 0. The van der Waals surface area contributed by atoms with Crippen molar-refractivity contribution in [2.24, 2.45) is 5.92 Å². The zero-order valence-corrected chi connectivity index (χ0v) is 11.6. The molecule has 0 bridgehead atoms. The highest BCUT2D eigenvalue weighted by Crippen LogP contribution is 2.33. The maximum absolute atomic E-state index is 11.6. The maximum Gasteiger partial charge on any atom is 0.308 e. The van der Waals surface area contributed by atoms with Crippen LogP contribution in [0.5, 0.6) is 0 Å². The summed E-state index contributed by atoms with van der Waals surface area (Å²) < 4.78 is 6.81. The summed E-state index contributed by atoms with van der Waals surface area (Å²) in [5.41, 5.74) is 0.199. The zero-order chi connectivity index (χ0) is 13.9. The lowest BCUT2D eigenvalue weighted by Gasteiger charge is -2.35. The van der Waals surface area contributed by atoms with E-state index in [1.807, 2.05) is 26.1 Å². The summed E-state index contributed by atoms with van der Waals surface area (Å²) >= 11 is 0. The molecular formula is C14H22N2O3. The number of carbonyl (C=O) groups excluding carboxylic acids is 1. The van der Waals surface area contributed by atoms with Gasteiger partial charge in [0, 0.05) is 6.20 Å². The molecule has 0 radical (unpaired) electrons. The van der Waals surface area contributed by atoms with Gasteiger partial charge in [-0.3, -0.25) is 9.48 Å². The highest BCUT2D eigenvalue weighted by Gasteiger charge is 2.36. The van der Waals surface area contributed by atoms with Crippen LogP contribution in [0.2, 0.25) is 0 Å². The Morgan fingerprint density at radius 2 is 2.26 bits per heavy atom. The fourth-order valence-corrected chi connectivity index (χ4v) is 2.66. The minimum atomic E-state index is -0.749. The number of ether oxygens (including phenoxy) is 1. The molecule has 0 aromatic carbocycles. The van der Waals surface area contributed by atoms with Gasteiger partial charge in [-0.05, 0) is 45.6 Å². The van der Waals surface area contributed by atoms with Crippen molar-refractivity contribution in [1.82, 2.24) is 9.78 Å². The quantitative estimate of drug-likeness (QED) is 0.842. The van der Waals surface area contributed by atoms with Crippen molar-refractivity contribution in [3.8, 4) is 0 Å². The van der Waals surface area contributed by atoms with E-state index in [0.29, 0.717) is 38.8 Å². The smallest absolute Gasteiger partial charge is 0.308 e. The number of hydrogen-bond acceptors (Lipinski definition) is 4. The Kier molecular flexibility index (Phi) is 4.24. The van der Waals surface area contributed by atoms with Crippen molar-refractivity contribution in [2.45, 2.75) is 51.7 Å². The molecule has 1 saturated carbocycles. The van der Waals surface area contributed by atoms with Crippen LogP contribution in [-0.2, 0) is 16.1 Å².